The molecule has 0 saturated carbocycles. The lowest BCUT2D eigenvalue weighted by Crippen LogP contribution is -2.06. The highest BCUT2D eigenvalue weighted by Crippen LogP contribution is 2.33. The van der Waals surface area contributed by atoms with Gasteiger partial charge in [-0.1, -0.05) is 55.4 Å². The van der Waals surface area contributed by atoms with Crippen molar-refractivity contribution >= 4 is 39.1 Å². The molecule has 0 atom stereocenters. The van der Waals surface area contributed by atoms with Gasteiger partial charge in [0.2, 0.25) is 0 Å². The van der Waals surface area contributed by atoms with E-state index in [1.54, 1.807) is 13.3 Å². The van der Waals surface area contributed by atoms with Crippen LogP contribution in [0.15, 0.2) is 57.1 Å². The summed E-state index contributed by atoms with van der Waals surface area (Å²) in [6.45, 7) is 2.78. The summed E-state index contributed by atoms with van der Waals surface area (Å²) in [5, 5.41) is 8.55. The monoisotopic (exact) mass is 449 g/mol. The molecule has 0 heterocycles. The third-order valence-corrected chi connectivity index (χ3v) is 5.16. The van der Waals surface area contributed by atoms with E-state index < -0.39 is 0 Å². The maximum absolute atomic E-state index is 5.91. The maximum atomic E-state index is 5.91. The maximum Gasteiger partial charge on any atom is 0.180 e. The molecular formula is C20H24BrN3O2S. The molecule has 2 aromatic rings. The molecule has 0 aliphatic carbocycles. The molecule has 144 valence electrons. The van der Waals surface area contributed by atoms with E-state index in [0.717, 1.165) is 28.6 Å². The topological polar surface area (TPSA) is 69.2 Å². The van der Waals surface area contributed by atoms with Crippen molar-refractivity contribution in [3.05, 3.63) is 58.1 Å². The van der Waals surface area contributed by atoms with Crippen molar-refractivity contribution in [3.63, 3.8) is 0 Å². The molecule has 2 aromatic carbocycles. The van der Waals surface area contributed by atoms with E-state index in [2.05, 4.69) is 45.2 Å². The second kappa shape index (κ2) is 11.7. The van der Waals surface area contributed by atoms with Crippen LogP contribution in [-0.2, 0) is 5.75 Å². The Morgan fingerprint density at radius 1 is 1.22 bits per heavy atom. The van der Waals surface area contributed by atoms with Gasteiger partial charge < -0.3 is 15.2 Å². The largest absolute Gasteiger partial charge is 0.493 e. The molecule has 0 radical (unpaired) electrons. The van der Waals surface area contributed by atoms with Crippen LogP contribution in [-0.4, -0.2) is 25.1 Å². The fraction of sp³-hybridized carbons (Fsp3) is 0.300. The zero-order valence-corrected chi connectivity index (χ0v) is 17.9. The van der Waals surface area contributed by atoms with E-state index in [9.17, 15) is 0 Å². The van der Waals surface area contributed by atoms with E-state index in [0.29, 0.717) is 23.3 Å². The minimum absolute atomic E-state index is 0.415. The zero-order chi connectivity index (χ0) is 19.5. The van der Waals surface area contributed by atoms with Crippen molar-refractivity contribution < 1.29 is 9.47 Å². The van der Waals surface area contributed by atoms with Gasteiger partial charge in [-0.05, 0) is 40.0 Å². The van der Waals surface area contributed by atoms with Gasteiger partial charge in [0.15, 0.2) is 16.7 Å². The summed E-state index contributed by atoms with van der Waals surface area (Å²) in [5.74, 6) is 2.12. The molecule has 5 nitrogen and oxygen atoms in total. The van der Waals surface area contributed by atoms with E-state index in [4.69, 9.17) is 15.2 Å². The summed E-state index contributed by atoms with van der Waals surface area (Å²) in [7, 11) is 1.62. The quantitative estimate of drug-likeness (QED) is 0.246. The predicted octanol–water partition coefficient (Wildman–Crippen LogP) is 5.22. The van der Waals surface area contributed by atoms with Gasteiger partial charge in [-0.25, -0.2) is 0 Å². The highest BCUT2D eigenvalue weighted by atomic mass is 79.9. The van der Waals surface area contributed by atoms with Gasteiger partial charge in [-0.2, -0.15) is 5.10 Å². The van der Waals surface area contributed by atoms with E-state index in [-0.39, 0.29) is 0 Å². The molecule has 0 aliphatic heterocycles. The minimum atomic E-state index is 0.415. The Bertz CT molecular complexity index is 782. The van der Waals surface area contributed by atoms with Gasteiger partial charge in [-0.15, -0.1) is 5.10 Å². The SMILES string of the molecule is CCCCOc1cc(Br)c(C=NN=C(N)SCc2ccccc2)cc1OC. The van der Waals surface area contributed by atoms with Crippen molar-refractivity contribution in [1.29, 1.82) is 0 Å². The third kappa shape index (κ3) is 7.27. The lowest BCUT2D eigenvalue weighted by molar-refractivity contribution is 0.288. The van der Waals surface area contributed by atoms with Crippen LogP contribution in [0, 0.1) is 0 Å². The number of hydrogen-bond acceptors (Lipinski definition) is 5. The second-order valence-electron chi connectivity index (χ2n) is 5.68. The number of hydrogen-bond donors (Lipinski definition) is 1. The first-order valence-electron chi connectivity index (χ1n) is 8.67. The van der Waals surface area contributed by atoms with Gasteiger partial charge in [0, 0.05) is 15.8 Å². The van der Waals surface area contributed by atoms with Crippen LogP contribution in [0.25, 0.3) is 0 Å². The lowest BCUT2D eigenvalue weighted by Gasteiger charge is -2.12. The summed E-state index contributed by atoms with van der Waals surface area (Å²) in [6.07, 6.45) is 3.72. The average molecular weight is 450 g/mol. The summed E-state index contributed by atoms with van der Waals surface area (Å²) in [6, 6.07) is 13.8. The Labute approximate surface area is 173 Å². The van der Waals surface area contributed by atoms with Crippen molar-refractivity contribution in [2.24, 2.45) is 15.9 Å². The molecule has 0 bridgehead atoms. The number of amidine groups is 1. The van der Waals surface area contributed by atoms with Crippen molar-refractivity contribution in [2.75, 3.05) is 13.7 Å². The van der Waals surface area contributed by atoms with Gasteiger partial charge in [0.05, 0.1) is 19.9 Å². The van der Waals surface area contributed by atoms with Gasteiger partial charge in [0.25, 0.3) is 0 Å². The smallest absolute Gasteiger partial charge is 0.180 e. The first-order chi connectivity index (χ1) is 13.1. The number of thioether (sulfide) groups is 1. The number of rotatable bonds is 9. The Kier molecular flexibility index (Phi) is 9.21. The predicted molar refractivity (Wildman–Crippen MR) is 118 cm³/mol. The molecule has 0 fully saturated rings. The number of methoxy groups -OCH3 is 1. The van der Waals surface area contributed by atoms with Crippen molar-refractivity contribution in [1.82, 2.24) is 0 Å². The number of benzene rings is 2. The highest BCUT2D eigenvalue weighted by Gasteiger charge is 2.09. The summed E-state index contributed by atoms with van der Waals surface area (Å²) < 4.78 is 12.0. The summed E-state index contributed by atoms with van der Waals surface area (Å²) in [4.78, 5) is 0. The summed E-state index contributed by atoms with van der Waals surface area (Å²) >= 11 is 4.98. The standard InChI is InChI=1S/C20H24BrN3O2S/c1-3-4-10-26-19-12-17(21)16(11-18(19)25-2)13-23-24-20(22)27-14-15-8-6-5-7-9-15/h5-9,11-13H,3-4,10,14H2,1-2H3,(H2,22,24). The first-order valence-corrected chi connectivity index (χ1v) is 10.5. The molecule has 2 rings (SSSR count). The number of unbranched alkanes of at least 4 members (excludes halogenated alkanes) is 1. The van der Waals surface area contributed by atoms with Crippen LogP contribution in [0.3, 0.4) is 0 Å². The van der Waals surface area contributed by atoms with Gasteiger partial charge in [0.1, 0.15) is 0 Å². The Hall–Kier alpha value is -1.99. The lowest BCUT2D eigenvalue weighted by atomic mass is 10.2. The average Bonchev–Trinajstić information content (AvgIpc) is 2.69. The molecule has 27 heavy (non-hydrogen) atoms. The number of ether oxygens (including phenoxy) is 2. The van der Waals surface area contributed by atoms with Crippen LogP contribution in [0.2, 0.25) is 0 Å². The van der Waals surface area contributed by atoms with Crippen LogP contribution < -0.4 is 15.2 Å². The molecule has 0 spiro atoms. The van der Waals surface area contributed by atoms with Crippen molar-refractivity contribution in [3.8, 4) is 11.5 Å². The number of nitrogens with zero attached hydrogens (tertiary/aromatic N) is 2. The summed E-state index contributed by atoms with van der Waals surface area (Å²) in [5.41, 5.74) is 7.94. The fourth-order valence-corrected chi connectivity index (χ4v) is 3.19. The minimum Gasteiger partial charge on any atom is -0.493 e. The molecule has 0 amide bonds. The van der Waals surface area contributed by atoms with Crippen LogP contribution in [0.4, 0.5) is 0 Å². The number of nitrogens with two attached hydrogens (primary N) is 1. The highest BCUT2D eigenvalue weighted by molar-refractivity contribution is 9.10. The molecule has 0 unspecified atom stereocenters. The molecule has 0 saturated heterocycles. The Balaban J connectivity index is 2.00. The zero-order valence-electron chi connectivity index (χ0n) is 15.5. The van der Waals surface area contributed by atoms with Crippen LogP contribution >= 0.6 is 27.7 Å². The molecule has 2 N–H and O–H groups in total. The third-order valence-electron chi connectivity index (χ3n) is 3.62. The normalized spacial score (nSPS) is 11.7. The van der Waals surface area contributed by atoms with E-state index in [1.807, 2.05) is 30.3 Å². The Morgan fingerprint density at radius 3 is 2.70 bits per heavy atom. The van der Waals surface area contributed by atoms with Crippen molar-refractivity contribution in [2.45, 2.75) is 25.5 Å². The fourth-order valence-electron chi connectivity index (χ4n) is 2.16. The Morgan fingerprint density at radius 2 is 2.00 bits per heavy atom. The van der Waals surface area contributed by atoms with Crippen LogP contribution in [0.5, 0.6) is 11.5 Å². The second-order valence-corrected chi connectivity index (χ2v) is 7.53. The van der Waals surface area contributed by atoms with E-state index >= 15 is 0 Å². The molecular weight excluding hydrogens is 426 g/mol. The van der Waals surface area contributed by atoms with Crippen LogP contribution in [0.1, 0.15) is 30.9 Å². The molecule has 0 aromatic heterocycles. The van der Waals surface area contributed by atoms with E-state index in [1.165, 1.54) is 17.3 Å². The molecule has 0 aliphatic rings. The van der Waals surface area contributed by atoms with Gasteiger partial charge in [-0.3, -0.25) is 0 Å². The van der Waals surface area contributed by atoms with Gasteiger partial charge >= 0.3 is 0 Å². The number of halogens is 1. The first kappa shape index (κ1) is 21.3. The molecule has 7 heteroatoms.